The number of thioether (sulfide) groups is 1. The predicted molar refractivity (Wildman–Crippen MR) is 70.8 cm³/mol. The lowest BCUT2D eigenvalue weighted by Crippen LogP contribution is -2.29. The first-order valence-corrected chi connectivity index (χ1v) is 7.70. The van der Waals surface area contributed by atoms with E-state index in [1.807, 2.05) is 16.7 Å². The van der Waals surface area contributed by atoms with Gasteiger partial charge >= 0.3 is 0 Å². The van der Waals surface area contributed by atoms with E-state index in [1.54, 1.807) is 11.3 Å². The molecule has 0 spiro atoms. The van der Waals surface area contributed by atoms with Crippen molar-refractivity contribution in [2.75, 3.05) is 12.3 Å². The fraction of sp³-hybridized carbons (Fsp3) is 0.583. The minimum absolute atomic E-state index is 0.282. The van der Waals surface area contributed by atoms with Crippen LogP contribution < -0.4 is 0 Å². The second kappa shape index (κ2) is 5.73. The molecular formula is C12H17NOS2. The second-order valence-corrected chi connectivity index (χ2v) is 6.10. The Morgan fingerprint density at radius 2 is 2.50 bits per heavy atom. The minimum Gasteiger partial charge on any atom is -0.325 e. The summed E-state index contributed by atoms with van der Waals surface area (Å²) in [5, 5.41) is 2.37. The van der Waals surface area contributed by atoms with Gasteiger partial charge in [-0.25, -0.2) is 0 Å². The Labute approximate surface area is 105 Å². The number of hydrogen-bond acceptors (Lipinski definition) is 3. The molecule has 1 atom stereocenters. The zero-order valence-electron chi connectivity index (χ0n) is 9.52. The number of thiophene rings is 1. The first-order chi connectivity index (χ1) is 7.83. The average Bonchev–Trinajstić information content (AvgIpc) is 2.94. The summed E-state index contributed by atoms with van der Waals surface area (Å²) in [6.45, 7) is 3.04. The monoisotopic (exact) mass is 255 g/mol. The maximum Gasteiger partial charge on any atom is 0.223 e. The van der Waals surface area contributed by atoms with Crippen LogP contribution >= 0.6 is 23.1 Å². The van der Waals surface area contributed by atoms with Gasteiger partial charge in [-0.05, 0) is 17.9 Å². The van der Waals surface area contributed by atoms with Crippen molar-refractivity contribution in [3.05, 3.63) is 22.4 Å². The zero-order valence-corrected chi connectivity index (χ0v) is 11.1. The molecular weight excluding hydrogens is 238 g/mol. The van der Waals surface area contributed by atoms with Crippen molar-refractivity contribution in [1.82, 2.24) is 4.90 Å². The number of unbranched alkanes of at least 4 members (excludes halogenated alkanes) is 1. The Morgan fingerprint density at radius 3 is 3.19 bits per heavy atom. The van der Waals surface area contributed by atoms with E-state index >= 15 is 0 Å². The summed E-state index contributed by atoms with van der Waals surface area (Å²) in [4.78, 5) is 15.4. The number of hydrogen-bond donors (Lipinski definition) is 0. The summed E-state index contributed by atoms with van der Waals surface area (Å²) in [5.41, 5.74) is 0. The van der Waals surface area contributed by atoms with E-state index in [0.717, 1.165) is 25.1 Å². The summed E-state index contributed by atoms with van der Waals surface area (Å²) < 4.78 is 0. The highest BCUT2D eigenvalue weighted by Crippen LogP contribution is 2.40. The first-order valence-electron chi connectivity index (χ1n) is 5.77. The molecule has 4 heteroatoms. The van der Waals surface area contributed by atoms with E-state index in [2.05, 4.69) is 24.4 Å². The summed E-state index contributed by atoms with van der Waals surface area (Å²) in [6.07, 6.45) is 2.81. The van der Waals surface area contributed by atoms with Crippen molar-refractivity contribution in [2.45, 2.75) is 31.6 Å². The van der Waals surface area contributed by atoms with Gasteiger partial charge in [0.1, 0.15) is 5.37 Å². The van der Waals surface area contributed by atoms with Crippen LogP contribution in [0.25, 0.3) is 0 Å². The fourth-order valence-electron chi connectivity index (χ4n) is 1.86. The molecule has 0 radical (unpaired) electrons. The van der Waals surface area contributed by atoms with E-state index in [-0.39, 0.29) is 5.37 Å². The number of carbonyl (C=O) groups excluding carboxylic acids is 1. The van der Waals surface area contributed by atoms with E-state index in [1.165, 1.54) is 4.88 Å². The van der Waals surface area contributed by atoms with Gasteiger partial charge in [-0.3, -0.25) is 4.79 Å². The van der Waals surface area contributed by atoms with Crippen LogP contribution in [0.3, 0.4) is 0 Å². The molecule has 0 saturated carbocycles. The molecule has 1 aromatic rings. The van der Waals surface area contributed by atoms with Crippen molar-refractivity contribution in [1.29, 1.82) is 0 Å². The number of carbonyl (C=O) groups is 1. The van der Waals surface area contributed by atoms with Crippen molar-refractivity contribution in [3.63, 3.8) is 0 Å². The molecule has 0 N–H and O–H groups in total. The van der Waals surface area contributed by atoms with Crippen LogP contribution in [0.4, 0.5) is 0 Å². The van der Waals surface area contributed by atoms with Crippen molar-refractivity contribution >= 4 is 29.0 Å². The molecule has 0 aliphatic carbocycles. The van der Waals surface area contributed by atoms with E-state index in [9.17, 15) is 4.79 Å². The standard InChI is InChI=1S/C12H17NOS2/c1-2-3-6-11(14)13-7-9-16-12(13)10-5-4-8-15-10/h4-5,8,12H,2-3,6-7,9H2,1H3. The molecule has 2 nitrogen and oxygen atoms in total. The van der Waals surface area contributed by atoms with Crippen LogP contribution in [0.1, 0.15) is 36.4 Å². The summed E-state index contributed by atoms with van der Waals surface area (Å²) in [5.74, 6) is 1.39. The molecule has 1 aromatic heterocycles. The number of nitrogens with zero attached hydrogens (tertiary/aromatic N) is 1. The molecule has 16 heavy (non-hydrogen) atoms. The lowest BCUT2D eigenvalue weighted by Gasteiger charge is -2.22. The van der Waals surface area contributed by atoms with Crippen LogP contribution in [0, 0.1) is 0 Å². The number of amides is 1. The van der Waals surface area contributed by atoms with Gasteiger partial charge in [-0.15, -0.1) is 23.1 Å². The summed E-state index contributed by atoms with van der Waals surface area (Å²) in [6, 6.07) is 4.20. The van der Waals surface area contributed by atoms with Gasteiger partial charge in [0.25, 0.3) is 0 Å². The Bertz CT molecular complexity index is 337. The Morgan fingerprint density at radius 1 is 1.62 bits per heavy atom. The molecule has 0 aromatic carbocycles. The zero-order chi connectivity index (χ0) is 11.4. The maximum atomic E-state index is 12.0. The minimum atomic E-state index is 0.282. The molecule has 1 aliphatic heterocycles. The smallest absolute Gasteiger partial charge is 0.223 e. The van der Waals surface area contributed by atoms with Crippen LogP contribution in [-0.4, -0.2) is 23.1 Å². The van der Waals surface area contributed by atoms with Gasteiger partial charge in [-0.2, -0.15) is 0 Å². The molecule has 1 amide bonds. The molecule has 88 valence electrons. The average molecular weight is 255 g/mol. The highest BCUT2D eigenvalue weighted by atomic mass is 32.2. The molecule has 1 unspecified atom stereocenters. The topological polar surface area (TPSA) is 20.3 Å². The SMILES string of the molecule is CCCCC(=O)N1CCSC1c1cccs1. The molecule has 2 rings (SSSR count). The lowest BCUT2D eigenvalue weighted by atomic mass is 10.2. The van der Waals surface area contributed by atoms with Crippen molar-refractivity contribution in [2.24, 2.45) is 0 Å². The van der Waals surface area contributed by atoms with Gasteiger partial charge in [0.2, 0.25) is 5.91 Å². The van der Waals surface area contributed by atoms with Gasteiger partial charge < -0.3 is 4.90 Å². The molecule has 1 saturated heterocycles. The van der Waals surface area contributed by atoms with Gasteiger partial charge in [0.15, 0.2) is 0 Å². The highest BCUT2D eigenvalue weighted by molar-refractivity contribution is 7.99. The van der Waals surface area contributed by atoms with Crippen LogP contribution in [0.5, 0.6) is 0 Å². The maximum absolute atomic E-state index is 12.0. The van der Waals surface area contributed by atoms with Crippen LogP contribution in [0.15, 0.2) is 17.5 Å². The molecule has 1 aliphatic rings. The van der Waals surface area contributed by atoms with E-state index in [0.29, 0.717) is 12.3 Å². The van der Waals surface area contributed by atoms with Gasteiger partial charge in [0.05, 0.1) is 0 Å². The van der Waals surface area contributed by atoms with Crippen molar-refractivity contribution < 1.29 is 4.79 Å². The van der Waals surface area contributed by atoms with E-state index in [4.69, 9.17) is 0 Å². The Kier molecular flexibility index (Phi) is 4.29. The van der Waals surface area contributed by atoms with Crippen LogP contribution in [0.2, 0.25) is 0 Å². The summed E-state index contributed by atoms with van der Waals surface area (Å²) in [7, 11) is 0. The molecule has 2 heterocycles. The second-order valence-electron chi connectivity index (χ2n) is 3.93. The largest absolute Gasteiger partial charge is 0.325 e. The quantitative estimate of drug-likeness (QED) is 0.820. The van der Waals surface area contributed by atoms with Gasteiger partial charge in [-0.1, -0.05) is 19.4 Å². The lowest BCUT2D eigenvalue weighted by molar-refractivity contribution is -0.131. The Hall–Kier alpha value is -0.480. The fourth-order valence-corrected chi connectivity index (χ4v) is 4.12. The molecule has 0 bridgehead atoms. The van der Waals surface area contributed by atoms with Crippen molar-refractivity contribution in [3.8, 4) is 0 Å². The summed E-state index contributed by atoms with van der Waals surface area (Å²) >= 11 is 3.64. The third-order valence-corrected chi connectivity index (χ3v) is 5.06. The predicted octanol–water partition coefficient (Wildman–Crippen LogP) is 3.51. The van der Waals surface area contributed by atoms with Gasteiger partial charge in [0, 0.05) is 23.6 Å². The van der Waals surface area contributed by atoms with E-state index < -0.39 is 0 Å². The van der Waals surface area contributed by atoms with Crippen LogP contribution in [-0.2, 0) is 4.79 Å². The third-order valence-electron chi connectivity index (χ3n) is 2.74. The molecule has 1 fully saturated rings. The highest BCUT2D eigenvalue weighted by Gasteiger charge is 2.30. The number of rotatable bonds is 4. The third kappa shape index (κ3) is 2.61. The first kappa shape index (κ1) is 12.0. The Balaban J connectivity index is 2.01. The normalized spacial score (nSPS) is 20.3.